The van der Waals surface area contributed by atoms with E-state index in [1.807, 2.05) is 6.92 Å². The molecular formula is C9H20N2O2. The van der Waals surface area contributed by atoms with Gasteiger partial charge in [0, 0.05) is 19.2 Å². The standard InChI is InChI=1S/C9H20N2O2/c1-3-8(2)11-7-9(13)10-5-4-6-12/h8,11-12H,3-7H2,1-2H3,(H,10,13). The molecule has 0 heterocycles. The molecule has 0 saturated carbocycles. The van der Waals surface area contributed by atoms with Crippen molar-refractivity contribution in [2.45, 2.75) is 32.7 Å². The van der Waals surface area contributed by atoms with E-state index < -0.39 is 0 Å². The number of rotatable bonds is 7. The number of carbonyl (C=O) groups excluding carboxylic acids is 1. The van der Waals surface area contributed by atoms with E-state index >= 15 is 0 Å². The first-order chi connectivity index (χ1) is 6.20. The summed E-state index contributed by atoms with van der Waals surface area (Å²) in [6.07, 6.45) is 1.64. The molecule has 0 fully saturated rings. The van der Waals surface area contributed by atoms with Crippen molar-refractivity contribution >= 4 is 5.91 Å². The van der Waals surface area contributed by atoms with E-state index in [-0.39, 0.29) is 12.5 Å². The highest BCUT2D eigenvalue weighted by molar-refractivity contribution is 5.77. The van der Waals surface area contributed by atoms with Gasteiger partial charge in [-0.25, -0.2) is 0 Å². The van der Waals surface area contributed by atoms with E-state index in [0.29, 0.717) is 25.6 Å². The van der Waals surface area contributed by atoms with E-state index in [1.165, 1.54) is 0 Å². The molecule has 0 radical (unpaired) electrons. The maximum Gasteiger partial charge on any atom is 0.233 e. The maximum absolute atomic E-state index is 11.1. The Balaban J connectivity index is 3.30. The van der Waals surface area contributed by atoms with Crippen molar-refractivity contribution in [1.29, 1.82) is 0 Å². The minimum atomic E-state index is -0.00579. The number of hydrogen-bond donors (Lipinski definition) is 3. The summed E-state index contributed by atoms with van der Waals surface area (Å²) in [6, 6.07) is 0.378. The van der Waals surface area contributed by atoms with Gasteiger partial charge in [-0.05, 0) is 19.8 Å². The van der Waals surface area contributed by atoms with Crippen LogP contribution >= 0.6 is 0 Å². The average molecular weight is 188 g/mol. The second-order valence-corrected chi connectivity index (χ2v) is 3.12. The molecule has 0 aliphatic rings. The Kier molecular flexibility index (Phi) is 7.63. The lowest BCUT2D eigenvalue weighted by atomic mass is 10.2. The first-order valence-electron chi connectivity index (χ1n) is 4.81. The van der Waals surface area contributed by atoms with Crippen LogP contribution in [0.5, 0.6) is 0 Å². The molecule has 1 atom stereocenters. The molecule has 0 bridgehead atoms. The first-order valence-corrected chi connectivity index (χ1v) is 4.81. The Hall–Kier alpha value is -0.610. The third kappa shape index (κ3) is 7.74. The first kappa shape index (κ1) is 12.4. The highest BCUT2D eigenvalue weighted by Gasteiger charge is 2.02. The van der Waals surface area contributed by atoms with Gasteiger partial charge in [0.1, 0.15) is 0 Å². The second kappa shape index (κ2) is 8.01. The highest BCUT2D eigenvalue weighted by atomic mass is 16.3. The third-order valence-electron chi connectivity index (χ3n) is 1.88. The molecule has 3 N–H and O–H groups in total. The van der Waals surface area contributed by atoms with Gasteiger partial charge in [0.25, 0.3) is 0 Å². The van der Waals surface area contributed by atoms with Crippen molar-refractivity contribution in [3.8, 4) is 0 Å². The lowest BCUT2D eigenvalue weighted by Gasteiger charge is -2.10. The lowest BCUT2D eigenvalue weighted by molar-refractivity contribution is -0.120. The van der Waals surface area contributed by atoms with Crippen LogP contribution in [0.15, 0.2) is 0 Å². The van der Waals surface area contributed by atoms with E-state index in [2.05, 4.69) is 17.6 Å². The van der Waals surface area contributed by atoms with Crippen LogP contribution in [0.4, 0.5) is 0 Å². The predicted molar refractivity (Wildman–Crippen MR) is 52.5 cm³/mol. The van der Waals surface area contributed by atoms with Crippen molar-refractivity contribution in [1.82, 2.24) is 10.6 Å². The molecule has 4 heteroatoms. The van der Waals surface area contributed by atoms with Gasteiger partial charge >= 0.3 is 0 Å². The Morgan fingerprint density at radius 1 is 1.54 bits per heavy atom. The fourth-order valence-electron chi connectivity index (χ4n) is 0.781. The maximum atomic E-state index is 11.1. The van der Waals surface area contributed by atoms with Gasteiger partial charge in [-0.2, -0.15) is 0 Å². The number of hydrogen-bond acceptors (Lipinski definition) is 3. The molecular weight excluding hydrogens is 168 g/mol. The second-order valence-electron chi connectivity index (χ2n) is 3.12. The van der Waals surface area contributed by atoms with E-state index in [9.17, 15) is 4.79 Å². The largest absolute Gasteiger partial charge is 0.396 e. The van der Waals surface area contributed by atoms with Crippen LogP contribution in [-0.2, 0) is 4.79 Å². The van der Waals surface area contributed by atoms with Gasteiger partial charge in [-0.1, -0.05) is 6.92 Å². The molecule has 0 aliphatic heterocycles. The van der Waals surface area contributed by atoms with Crippen LogP contribution < -0.4 is 10.6 Å². The number of amides is 1. The molecule has 0 aliphatic carbocycles. The van der Waals surface area contributed by atoms with Crippen molar-refractivity contribution in [2.24, 2.45) is 0 Å². The van der Waals surface area contributed by atoms with Gasteiger partial charge < -0.3 is 15.7 Å². The average Bonchev–Trinajstić information content (AvgIpc) is 2.14. The molecule has 78 valence electrons. The molecule has 1 unspecified atom stereocenters. The van der Waals surface area contributed by atoms with Crippen LogP contribution in [0.3, 0.4) is 0 Å². The number of aliphatic hydroxyl groups excluding tert-OH is 1. The summed E-state index contributed by atoms with van der Waals surface area (Å²) < 4.78 is 0. The number of aliphatic hydroxyl groups is 1. The zero-order chi connectivity index (χ0) is 10.1. The van der Waals surface area contributed by atoms with Gasteiger partial charge in [-0.3, -0.25) is 4.79 Å². The lowest BCUT2D eigenvalue weighted by Crippen LogP contribution is -2.38. The van der Waals surface area contributed by atoms with E-state index in [0.717, 1.165) is 6.42 Å². The molecule has 0 aromatic rings. The van der Waals surface area contributed by atoms with Crippen molar-refractivity contribution in [2.75, 3.05) is 19.7 Å². The van der Waals surface area contributed by atoms with Crippen LogP contribution in [0, 0.1) is 0 Å². The number of nitrogens with one attached hydrogen (secondary N) is 2. The normalized spacial score (nSPS) is 12.5. The molecule has 0 spiro atoms. The molecule has 0 saturated heterocycles. The summed E-state index contributed by atoms with van der Waals surface area (Å²) >= 11 is 0. The Labute approximate surface area is 79.7 Å². The van der Waals surface area contributed by atoms with Gasteiger partial charge in [-0.15, -0.1) is 0 Å². The minimum absolute atomic E-state index is 0.00579. The van der Waals surface area contributed by atoms with E-state index in [1.54, 1.807) is 0 Å². The summed E-state index contributed by atoms with van der Waals surface area (Å²) in [5.41, 5.74) is 0. The summed E-state index contributed by atoms with van der Waals surface area (Å²) in [4.78, 5) is 11.1. The van der Waals surface area contributed by atoms with Crippen molar-refractivity contribution < 1.29 is 9.90 Å². The van der Waals surface area contributed by atoms with Gasteiger partial charge in [0.2, 0.25) is 5.91 Å². The monoisotopic (exact) mass is 188 g/mol. The molecule has 0 rings (SSSR count). The van der Waals surface area contributed by atoms with Crippen molar-refractivity contribution in [3.05, 3.63) is 0 Å². The third-order valence-corrected chi connectivity index (χ3v) is 1.88. The minimum Gasteiger partial charge on any atom is -0.396 e. The van der Waals surface area contributed by atoms with Crippen LogP contribution in [0.2, 0.25) is 0 Å². The Morgan fingerprint density at radius 2 is 2.23 bits per heavy atom. The zero-order valence-corrected chi connectivity index (χ0v) is 8.47. The fourth-order valence-corrected chi connectivity index (χ4v) is 0.781. The fraction of sp³-hybridized carbons (Fsp3) is 0.889. The highest BCUT2D eigenvalue weighted by Crippen LogP contribution is 1.85. The molecule has 4 nitrogen and oxygen atoms in total. The van der Waals surface area contributed by atoms with Crippen LogP contribution in [0.1, 0.15) is 26.7 Å². The summed E-state index contributed by atoms with van der Waals surface area (Å²) in [7, 11) is 0. The molecule has 0 aromatic carbocycles. The van der Waals surface area contributed by atoms with Crippen LogP contribution in [0.25, 0.3) is 0 Å². The zero-order valence-electron chi connectivity index (χ0n) is 8.47. The van der Waals surface area contributed by atoms with E-state index in [4.69, 9.17) is 5.11 Å². The quantitative estimate of drug-likeness (QED) is 0.488. The van der Waals surface area contributed by atoms with Gasteiger partial charge in [0.05, 0.1) is 6.54 Å². The summed E-state index contributed by atoms with van der Waals surface area (Å²) in [6.45, 7) is 5.15. The number of carbonyl (C=O) groups is 1. The summed E-state index contributed by atoms with van der Waals surface area (Å²) in [5.74, 6) is -0.00579. The van der Waals surface area contributed by atoms with Crippen molar-refractivity contribution in [3.63, 3.8) is 0 Å². The predicted octanol–water partition coefficient (Wildman–Crippen LogP) is -0.127. The molecule has 0 aromatic heterocycles. The Bertz CT molecular complexity index is 140. The topological polar surface area (TPSA) is 61.4 Å². The SMILES string of the molecule is CCC(C)NCC(=O)NCCCO. The molecule has 1 amide bonds. The summed E-state index contributed by atoms with van der Waals surface area (Å²) in [5, 5.41) is 14.3. The smallest absolute Gasteiger partial charge is 0.233 e. The molecule has 13 heavy (non-hydrogen) atoms. The van der Waals surface area contributed by atoms with Crippen LogP contribution in [-0.4, -0.2) is 36.8 Å². The Morgan fingerprint density at radius 3 is 2.77 bits per heavy atom. The van der Waals surface area contributed by atoms with Gasteiger partial charge in [0.15, 0.2) is 0 Å².